The van der Waals surface area contributed by atoms with E-state index in [1.165, 1.54) is 6.33 Å². The molecule has 3 heterocycles. The summed E-state index contributed by atoms with van der Waals surface area (Å²) in [5, 5.41) is 13.8. The van der Waals surface area contributed by atoms with Gasteiger partial charge in [0.15, 0.2) is 17.7 Å². The van der Waals surface area contributed by atoms with Crippen molar-refractivity contribution in [3.8, 4) is 0 Å². The molecule has 0 aromatic carbocycles. The summed E-state index contributed by atoms with van der Waals surface area (Å²) < 4.78 is 7.59. The molecule has 1 aliphatic rings. The normalized spacial score (nSPS) is 25.9. The smallest absolute Gasteiger partial charge is 0.167 e. The van der Waals surface area contributed by atoms with Crippen LogP contribution in [-0.2, 0) is 4.74 Å². The molecule has 0 spiro atoms. The van der Waals surface area contributed by atoms with Crippen LogP contribution >= 0.6 is 0 Å². The largest absolute Gasteiger partial charge is 0.388 e. The average Bonchev–Trinajstić information content (AvgIpc) is 2.90. The number of nitrogen functional groups attached to an aromatic ring is 1. The summed E-state index contributed by atoms with van der Waals surface area (Å²) in [6, 6.07) is 0.423. The molecule has 0 radical (unpaired) electrons. The Morgan fingerprint density at radius 2 is 2.27 bits per heavy atom. The number of nitrogens with zero attached hydrogens (tertiary/aromatic N) is 4. The fraction of sp³-hybridized carbons (Fsp3) is 0.643. The van der Waals surface area contributed by atoms with E-state index in [0.29, 0.717) is 42.0 Å². The molecule has 3 rings (SSSR count). The highest BCUT2D eigenvalue weighted by Gasteiger charge is 2.32. The summed E-state index contributed by atoms with van der Waals surface area (Å²) in [6.07, 6.45) is 2.55. The van der Waals surface area contributed by atoms with Gasteiger partial charge in [0.05, 0.1) is 19.0 Å². The van der Waals surface area contributed by atoms with E-state index in [-0.39, 0.29) is 0 Å². The molecule has 3 atom stereocenters. The minimum Gasteiger partial charge on any atom is -0.388 e. The Kier molecular flexibility index (Phi) is 4.23. The highest BCUT2D eigenvalue weighted by Crippen LogP contribution is 2.29. The number of hydrogen-bond donors (Lipinski definition) is 3. The lowest BCUT2D eigenvalue weighted by molar-refractivity contribution is -0.133. The second kappa shape index (κ2) is 6.15. The maximum atomic E-state index is 10.4. The molecule has 1 aliphatic heterocycles. The van der Waals surface area contributed by atoms with Gasteiger partial charge in [-0.1, -0.05) is 13.8 Å². The van der Waals surface area contributed by atoms with Gasteiger partial charge in [-0.2, -0.15) is 0 Å². The van der Waals surface area contributed by atoms with Crippen molar-refractivity contribution in [3.63, 3.8) is 0 Å². The lowest BCUT2D eigenvalue weighted by atomic mass is 9.98. The van der Waals surface area contributed by atoms with Crippen molar-refractivity contribution in [2.45, 2.75) is 38.6 Å². The SMILES string of the molecule is CC(C)NC[C@H]1CO[C@@H](n2cnc3c(N)ncnc32)C(O)C1. The van der Waals surface area contributed by atoms with Crippen LogP contribution in [0.15, 0.2) is 12.7 Å². The van der Waals surface area contributed by atoms with Crippen molar-refractivity contribution in [3.05, 3.63) is 12.7 Å². The first-order valence-electron chi connectivity index (χ1n) is 7.52. The number of aliphatic hydroxyl groups is 1. The van der Waals surface area contributed by atoms with Crippen LogP contribution < -0.4 is 11.1 Å². The fourth-order valence-corrected chi connectivity index (χ4v) is 2.74. The number of aliphatic hydroxyl groups excluding tert-OH is 1. The van der Waals surface area contributed by atoms with E-state index in [0.717, 1.165) is 6.54 Å². The third-order valence-corrected chi connectivity index (χ3v) is 3.88. The van der Waals surface area contributed by atoms with E-state index >= 15 is 0 Å². The van der Waals surface area contributed by atoms with E-state index in [4.69, 9.17) is 10.5 Å². The zero-order valence-corrected chi connectivity index (χ0v) is 12.8. The van der Waals surface area contributed by atoms with E-state index in [9.17, 15) is 5.11 Å². The Morgan fingerprint density at radius 1 is 1.45 bits per heavy atom. The van der Waals surface area contributed by atoms with Gasteiger partial charge in [-0.3, -0.25) is 4.57 Å². The van der Waals surface area contributed by atoms with E-state index in [2.05, 4.69) is 34.1 Å². The predicted octanol–water partition coefficient (Wildman–Crippen LogP) is 0.302. The third-order valence-electron chi connectivity index (χ3n) is 3.88. The van der Waals surface area contributed by atoms with Crippen LogP contribution in [0.25, 0.3) is 11.2 Å². The van der Waals surface area contributed by atoms with Gasteiger partial charge in [0.1, 0.15) is 11.8 Å². The lowest BCUT2D eigenvalue weighted by Crippen LogP contribution is -2.41. The monoisotopic (exact) mass is 306 g/mol. The van der Waals surface area contributed by atoms with Crippen LogP contribution in [0.1, 0.15) is 26.5 Å². The van der Waals surface area contributed by atoms with Crippen LogP contribution in [0.4, 0.5) is 5.82 Å². The number of ether oxygens (including phenoxy) is 1. The topological polar surface area (TPSA) is 111 Å². The van der Waals surface area contributed by atoms with Gasteiger partial charge in [0, 0.05) is 12.6 Å². The Hall–Kier alpha value is -1.77. The second-order valence-corrected chi connectivity index (χ2v) is 6.04. The predicted molar refractivity (Wildman–Crippen MR) is 82.0 cm³/mol. The number of fused-ring (bicyclic) bond motifs is 1. The zero-order chi connectivity index (χ0) is 15.7. The van der Waals surface area contributed by atoms with Crippen molar-refractivity contribution in [2.75, 3.05) is 18.9 Å². The number of imidazole rings is 1. The lowest BCUT2D eigenvalue weighted by Gasteiger charge is -2.34. The molecule has 0 aliphatic carbocycles. The number of aromatic nitrogens is 4. The summed E-state index contributed by atoms with van der Waals surface area (Å²) in [6.45, 7) is 5.62. The van der Waals surface area contributed by atoms with E-state index in [1.54, 1.807) is 10.9 Å². The van der Waals surface area contributed by atoms with Gasteiger partial charge in [-0.25, -0.2) is 15.0 Å². The summed E-state index contributed by atoms with van der Waals surface area (Å²) in [5.41, 5.74) is 6.89. The highest BCUT2D eigenvalue weighted by molar-refractivity contribution is 5.81. The van der Waals surface area contributed by atoms with E-state index in [1.807, 2.05) is 0 Å². The van der Waals surface area contributed by atoms with Crippen LogP contribution in [-0.4, -0.2) is 49.9 Å². The Labute approximate surface area is 128 Å². The molecular formula is C14H22N6O2. The first kappa shape index (κ1) is 15.1. The zero-order valence-electron chi connectivity index (χ0n) is 12.8. The molecule has 2 aromatic rings. The van der Waals surface area contributed by atoms with Gasteiger partial charge in [0.25, 0.3) is 0 Å². The van der Waals surface area contributed by atoms with Crippen molar-refractivity contribution in [2.24, 2.45) is 5.92 Å². The molecular weight excluding hydrogens is 284 g/mol. The molecule has 1 saturated heterocycles. The van der Waals surface area contributed by atoms with E-state index < -0.39 is 12.3 Å². The summed E-state index contributed by atoms with van der Waals surface area (Å²) >= 11 is 0. The van der Waals surface area contributed by atoms with Gasteiger partial charge in [0.2, 0.25) is 0 Å². The number of anilines is 1. The number of hydrogen-bond acceptors (Lipinski definition) is 7. The minimum absolute atomic E-state index is 0.295. The average molecular weight is 306 g/mol. The van der Waals surface area contributed by atoms with Crippen LogP contribution in [0.5, 0.6) is 0 Å². The standard InChI is InChI=1S/C14H22N6O2/c1-8(2)16-4-9-3-10(21)14(22-5-9)20-7-19-11-12(15)17-6-18-13(11)20/h6-10,14,16,21H,3-5H2,1-2H3,(H2,15,17,18)/t9-,10?,14+/m0/s1. The molecule has 1 fully saturated rings. The van der Waals surface area contributed by atoms with Crippen LogP contribution in [0.2, 0.25) is 0 Å². The van der Waals surface area contributed by atoms with Gasteiger partial charge < -0.3 is 20.9 Å². The first-order chi connectivity index (χ1) is 10.6. The van der Waals surface area contributed by atoms with Gasteiger partial charge >= 0.3 is 0 Å². The molecule has 0 amide bonds. The molecule has 0 bridgehead atoms. The molecule has 8 nitrogen and oxygen atoms in total. The third kappa shape index (κ3) is 2.90. The molecule has 120 valence electrons. The molecule has 4 N–H and O–H groups in total. The second-order valence-electron chi connectivity index (χ2n) is 6.04. The van der Waals surface area contributed by atoms with Crippen molar-refractivity contribution >= 4 is 17.0 Å². The summed E-state index contributed by atoms with van der Waals surface area (Å²) in [7, 11) is 0. The van der Waals surface area contributed by atoms with Crippen LogP contribution in [0.3, 0.4) is 0 Å². The van der Waals surface area contributed by atoms with Gasteiger partial charge in [-0.15, -0.1) is 0 Å². The van der Waals surface area contributed by atoms with Crippen molar-refractivity contribution in [1.29, 1.82) is 0 Å². The maximum Gasteiger partial charge on any atom is 0.167 e. The number of rotatable bonds is 4. The Balaban J connectivity index is 1.74. The van der Waals surface area contributed by atoms with Crippen LogP contribution in [0, 0.1) is 5.92 Å². The molecule has 2 aromatic heterocycles. The molecule has 8 heteroatoms. The fourth-order valence-electron chi connectivity index (χ4n) is 2.74. The van der Waals surface area contributed by atoms with Gasteiger partial charge in [-0.05, 0) is 12.3 Å². The molecule has 1 unspecified atom stereocenters. The van der Waals surface area contributed by atoms with Crippen molar-refractivity contribution < 1.29 is 9.84 Å². The highest BCUT2D eigenvalue weighted by atomic mass is 16.5. The van der Waals surface area contributed by atoms with Crippen molar-refractivity contribution in [1.82, 2.24) is 24.8 Å². The molecule has 22 heavy (non-hydrogen) atoms. The maximum absolute atomic E-state index is 10.4. The first-order valence-corrected chi connectivity index (χ1v) is 7.52. The Bertz CT molecular complexity index is 643. The Morgan fingerprint density at radius 3 is 3.00 bits per heavy atom. The number of nitrogens with two attached hydrogens (primary N) is 1. The summed E-state index contributed by atoms with van der Waals surface area (Å²) in [5.74, 6) is 0.621. The number of nitrogens with one attached hydrogen (secondary N) is 1. The minimum atomic E-state index is -0.610. The quantitative estimate of drug-likeness (QED) is 0.745. The summed E-state index contributed by atoms with van der Waals surface area (Å²) in [4.78, 5) is 12.3. The molecule has 0 saturated carbocycles.